The number of phenolic OH excluding ortho intramolecular Hbond substituents is 2. The van der Waals surface area contributed by atoms with E-state index in [4.69, 9.17) is 4.42 Å². The van der Waals surface area contributed by atoms with Crippen LogP contribution in [0.5, 0.6) is 11.5 Å². The van der Waals surface area contributed by atoms with Gasteiger partial charge in [0.2, 0.25) is 0 Å². The average Bonchev–Trinajstić information content (AvgIpc) is 2.58. The Labute approximate surface area is 93.0 Å². The second-order valence-electron chi connectivity index (χ2n) is 3.38. The predicted molar refractivity (Wildman–Crippen MR) is 61.2 cm³/mol. The molecule has 1 heterocycles. The zero-order valence-corrected chi connectivity index (χ0v) is 8.75. The molecule has 80 valence electrons. The van der Waals surface area contributed by atoms with Gasteiger partial charge in [-0.05, 0) is 6.07 Å². The summed E-state index contributed by atoms with van der Waals surface area (Å²) < 4.78 is 5.60. The van der Waals surface area contributed by atoms with Gasteiger partial charge in [-0.2, -0.15) is 0 Å². The Balaban J connectivity index is 2.69. The molecule has 0 aliphatic carbocycles. The van der Waals surface area contributed by atoms with Crippen LogP contribution in [0.25, 0.3) is 21.1 Å². The highest BCUT2D eigenvalue weighted by Crippen LogP contribution is 2.38. The number of rotatable bonds is 0. The largest absolute Gasteiger partial charge is 0.507 e. The Morgan fingerprint density at radius 3 is 2.81 bits per heavy atom. The third kappa shape index (κ3) is 1.12. The third-order valence-electron chi connectivity index (χ3n) is 2.41. The molecule has 2 N–H and O–H groups in total. The van der Waals surface area contributed by atoms with E-state index < -0.39 is 4.94 Å². The van der Waals surface area contributed by atoms with E-state index in [-0.39, 0.29) is 11.5 Å². The molecular weight excluding hydrogens is 228 g/mol. The molecule has 0 fully saturated rings. The fraction of sp³-hybridized carbons (Fsp3) is 0. The first-order chi connectivity index (χ1) is 7.66. The zero-order valence-electron chi connectivity index (χ0n) is 7.93. The lowest BCUT2D eigenvalue weighted by Crippen LogP contribution is -1.80. The van der Waals surface area contributed by atoms with Crippen LogP contribution in [0.3, 0.4) is 0 Å². The second-order valence-corrected chi connectivity index (χ2v) is 4.35. The van der Waals surface area contributed by atoms with Crippen molar-refractivity contribution in [2.45, 2.75) is 0 Å². The van der Waals surface area contributed by atoms with Crippen LogP contribution in [-0.2, 0) is 0 Å². The molecule has 0 saturated heterocycles. The summed E-state index contributed by atoms with van der Waals surface area (Å²) in [5, 5.41) is 20.2. The van der Waals surface area contributed by atoms with E-state index in [0.29, 0.717) is 21.1 Å². The number of fused-ring (bicyclic) bond motifs is 3. The van der Waals surface area contributed by atoms with Gasteiger partial charge < -0.3 is 14.6 Å². The minimum Gasteiger partial charge on any atom is -0.507 e. The minimum absolute atomic E-state index is 0.0363. The van der Waals surface area contributed by atoms with Gasteiger partial charge >= 0.3 is 4.94 Å². The highest BCUT2D eigenvalue weighted by Gasteiger charge is 2.13. The second kappa shape index (κ2) is 2.99. The molecule has 0 aliphatic rings. The number of benzene rings is 2. The molecule has 5 heteroatoms. The molecule has 3 aromatic rings. The van der Waals surface area contributed by atoms with Crippen LogP contribution in [0.1, 0.15) is 0 Å². The summed E-state index contributed by atoms with van der Waals surface area (Å²) in [6.45, 7) is 0. The smallest absolute Gasteiger partial charge is 0.396 e. The lowest BCUT2D eigenvalue weighted by atomic mass is 10.1. The molecule has 0 spiro atoms. The molecule has 2 aromatic carbocycles. The summed E-state index contributed by atoms with van der Waals surface area (Å²) in [7, 11) is 0. The Bertz CT molecular complexity index is 754. The monoisotopic (exact) mass is 234 g/mol. The standard InChI is InChI=1S/C11H6O4S/c12-6-3-1-2-5-9(6)7(13)4-8-10(5)15-11(14)16-8/h1-4,12-13H. The van der Waals surface area contributed by atoms with E-state index >= 15 is 0 Å². The van der Waals surface area contributed by atoms with Crippen molar-refractivity contribution in [3.63, 3.8) is 0 Å². The van der Waals surface area contributed by atoms with Crippen LogP contribution in [0.15, 0.2) is 33.5 Å². The molecule has 16 heavy (non-hydrogen) atoms. The van der Waals surface area contributed by atoms with E-state index in [0.717, 1.165) is 11.3 Å². The SMILES string of the molecule is O=c1oc2c(cc(O)c3c(O)cccc32)s1. The van der Waals surface area contributed by atoms with Crippen LogP contribution in [-0.4, -0.2) is 10.2 Å². The molecule has 0 radical (unpaired) electrons. The summed E-state index contributed by atoms with van der Waals surface area (Å²) in [6, 6.07) is 6.21. The predicted octanol–water partition coefficient (Wildman–Crippen LogP) is 2.42. The van der Waals surface area contributed by atoms with Crippen molar-refractivity contribution in [2.75, 3.05) is 0 Å². The van der Waals surface area contributed by atoms with Gasteiger partial charge in [-0.25, -0.2) is 4.79 Å². The fourth-order valence-corrected chi connectivity index (χ4v) is 2.49. The summed E-state index contributed by atoms with van der Waals surface area (Å²) >= 11 is 0.923. The Morgan fingerprint density at radius 1 is 1.19 bits per heavy atom. The number of hydrogen-bond donors (Lipinski definition) is 2. The highest BCUT2D eigenvalue weighted by atomic mass is 32.1. The Hall–Kier alpha value is -2.01. The van der Waals surface area contributed by atoms with Crippen molar-refractivity contribution in [2.24, 2.45) is 0 Å². The van der Waals surface area contributed by atoms with Crippen LogP contribution in [0.2, 0.25) is 0 Å². The molecule has 0 bridgehead atoms. The summed E-state index contributed by atoms with van der Waals surface area (Å²) in [5.74, 6) is -0.0941. The van der Waals surface area contributed by atoms with Crippen LogP contribution in [0.4, 0.5) is 0 Å². The molecule has 0 unspecified atom stereocenters. The van der Waals surface area contributed by atoms with Gasteiger partial charge in [0.25, 0.3) is 0 Å². The summed E-state index contributed by atoms with van der Waals surface area (Å²) in [4.78, 5) is 10.7. The number of aromatic hydroxyl groups is 2. The van der Waals surface area contributed by atoms with Crippen molar-refractivity contribution < 1.29 is 14.6 Å². The zero-order chi connectivity index (χ0) is 11.3. The Morgan fingerprint density at radius 2 is 2.00 bits per heavy atom. The van der Waals surface area contributed by atoms with Crippen molar-refractivity contribution >= 4 is 32.4 Å². The maximum Gasteiger partial charge on any atom is 0.396 e. The normalized spacial score (nSPS) is 11.2. The van der Waals surface area contributed by atoms with Crippen molar-refractivity contribution in [3.8, 4) is 11.5 Å². The topological polar surface area (TPSA) is 70.7 Å². The van der Waals surface area contributed by atoms with Gasteiger partial charge in [-0.1, -0.05) is 23.5 Å². The van der Waals surface area contributed by atoms with E-state index in [1.54, 1.807) is 12.1 Å². The molecular formula is C11H6O4S. The highest BCUT2D eigenvalue weighted by molar-refractivity contribution is 7.16. The quantitative estimate of drug-likeness (QED) is 0.626. The lowest BCUT2D eigenvalue weighted by molar-refractivity contribution is 0.464. The minimum atomic E-state index is -0.426. The molecule has 0 saturated carbocycles. The van der Waals surface area contributed by atoms with Gasteiger partial charge in [0.05, 0.1) is 10.1 Å². The molecule has 0 amide bonds. The first kappa shape index (κ1) is 9.23. The van der Waals surface area contributed by atoms with Crippen molar-refractivity contribution in [1.29, 1.82) is 0 Å². The molecule has 0 atom stereocenters. The maximum atomic E-state index is 11.1. The maximum absolute atomic E-state index is 11.1. The fourth-order valence-electron chi connectivity index (χ4n) is 1.77. The Kier molecular flexibility index (Phi) is 1.73. The molecule has 3 rings (SSSR count). The van der Waals surface area contributed by atoms with Gasteiger partial charge in [-0.15, -0.1) is 0 Å². The van der Waals surface area contributed by atoms with Crippen molar-refractivity contribution in [1.82, 2.24) is 0 Å². The summed E-state index contributed by atoms with van der Waals surface area (Å²) in [5.41, 5.74) is 0.402. The van der Waals surface area contributed by atoms with E-state index in [9.17, 15) is 15.0 Å². The van der Waals surface area contributed by atoms with E-state index in [1.165, 1.54) is 12.1 Å². The van der Waals surface area contributed by atoms with Crippen LogP contribution < -0.4 is 4.94 Å². The van der Waals surface area contributed by atoms with E-state index in [1.807, 2.05) is 0 Å². The molecule has 1 aromatic heterocycles. The average molecular weight is 234 g/mol. The molecule has 4 nitrogen and oxygen atoms in total. The van der Waals surface area contributed by atoms with Gasteiger partial charge in [-0.3, -0.25) is 0 Å². The van der Waals surface area contributed by atoms with Crippen molar-refractivity contribution in [3.05, 3.63) is 34.0 Å². The first-order valence-electron chi connectivity index (χ1n) is 4.54. The molecule has 0 aliphatic heterocycles. The van der Waals surface area contributed by atoms with Crippen LogP contribution >= 0.6 is 11.3 Å². The van der Waals surface area contributed by atoms with E-state index in [2.05, 4.69) is 0 Å². The summed E-state index contributed by atoms with van der Waals surface area (Å²) in [6.07, 6.45) is 0. The third-order valence-corrected chi connectivity index (χ3v) is 3.19. The van der Waals surface area contributed by atoms with Gasteiger partial charge in [0, 0.05) is 11.5 Å². The lowest BCUT2D eigenvalue weighted by Gasteiger charge is -2.03. The van der Waals surface area contributed by atoms with Gasteiger partial charge in [0.15, 0.2) is 5.58 Å². The number of phenols is 2. The van der Waals surface area contributed by atoms with Gasteiger partial charge in [0.1, 0.15) is 11.5 Å². The van der Waals surface area contributed by atoms with Crippen LogP contribution in [0, 0.1) is 0 Å². The first-order valence-corrected chi connectivity index (χ1v) is 5.36. The number of hydrogen-bond acceptors (Lipinski definition) is 5.